The van der Waals surface area contributed by atoms with Gasteiger partial charge >= 0.3 is 0 Å². The number of para-hydroxylation sites is 1. The summed E-state index contributed by atoms with van der Waals surface area (Å²) in [5.74, 6) is -0.343. The van der Waals surface area contributed by atoms with Crippen LogP contribution in [0.5, 0.6) is 0 Å². The minimum atomic E-state index is -3.96. The van der Waals surface area contributed by atoms with Gasteiger partial charge in [-0.3, -0.25) is 9.48 Å². The summed E-state index contributed by atoms with van der Waals surface area (Å²) in [5.41, 5.74) is 1.97. The smallest absolute Gasteiger partial charge is 0.263 e. The normalized spacial score (nSPS) is 14.8. The van der Waals surface area contributed by atoms with Crippen molar-refractivity contribution >= 4 is 33.2 Å². The zero-order valence-corrected chi connectivity index (χ0v) is 21.5. The van der Waals surface area contributed by atoms with Crippen LogP contribution in [0.25, 0.3) is 0 Å². The van der Waals surface area contributed by atoms with Crippen LogP contribution in [0.1, 0.15) is 29.8 Å². The van der Waals surface area contributed by atoms with Gasteiger partial charge in [-0.15, -0.1) is 0 Å². The van der Waals surface area contributed by atoms with Gasteiger partial charge in [-0.05, 0) is 31.5 Å². The maximum atomic E-state index is 13.7. The molecule has 0 saturated carbocycles. The summed E-state index contributed by atoms with van der Waals surface area (Å²) in [6.07, 6.45) is 1.54. The third-order valence-electron chi connectivity index (χ3n) is 6.18. The number of halogens is 1. The summed E-state index contributed by atoms with van der Waals surface area (Å²) in [5, 5.41) is 4.77. The van der Waals surface area contributed by atoms with E-state index in [0.717, 1.165) is 11.3 Å². The first-order valence-electron chi connectivity index (χ1n) is 11.8. The number of benzene rings is 2. The second-order valence-electron chi connectivity index (χ2n) is 8.35. The van der Waals surface area contributed by atoms with E-state index in [-0.39, 0.29) is 29.6 Å². The van der Waals surface area contributed by atoms with Gasteiger partial charge in [0.25, 0.3) is 15.9 Å². The standard InChI is InChI=1S/C25H30ClN5O3S/c1-3-28(18-20-10-6-5-7-11-20)25(32)21-19-30(4-2)27-24(21)35(33,34)31-16-14-29(15-17-31)23-13-9-8-12-22(23)26/h5-13,19H,3-4,14-18H2,1-2H3. The van der Waals surface area contributed by atoms with Gasteiger partial charge in [0.15, 0.2) is 0 Å². The molecule has 0 radical (unpaired) electrons. The number of carbonyl (C=O) groups excluding carboxylic acids is 1. The summed E-state index contributed by atoms with van der Waals surface area (Å²) in [6, 6.07) is 17.2. The molecule has 0 atom stereocenters. The molecule has 2 aromatic carbocycles. The highest BCUT2D eigenvalue weighted by Crippen LogP contribution is 2.28. The molecule has 1 saturated heterocycles. The monoisotopic (exact) mass is 515 g/mol. The molecule has 3 aromatic rings. The van der Waals surface area contributed by atoms with Crippen LogP contribution in [-0.4, -0.2) is 66.0 Å². The predicted molar refractivity (Wildman–Crippen MR) is 137 cm³/mol. The number of amides is 1. The first-order valence-corrected chi connectivity index (χ1v) is 13.6. The van der Waals surface area contributed by atoms with Crippen LogP contribution in [0.4, 0.5) is 5.69 Å². The highest BCUT2D eigenvalue weighted by atomic mass is 35.5. The lowest BCUT2D eigenvalue weighted by atomic mass is 10.2. The van der Waals surface area contributed by atoms with E-state index >= 15 is 0 Å². The number of hydrogen-bond donors (Lipinski definition) is 0. The Morgan fingerprint density at radius 2 is 1.66 bits per heavy atom. The van der Waals surface area contributed by atoms with Crippen LogP contribution in [-0.2, 0) is 23.1 Å². The summed E-state index contributed by atoms with van der Waals surface area (Å²) in [6.45, 7) is 6.59. The molecule has 1 aromatic heterocycles. The summed E-state index contributed by atoms with van der Waals surface area (Å²) in [4.78, 5) is 17.2. The molecular weight excluding hydrogens is 486 g/mol. The fourth-order valence-electron chi connectivity index (χ4n) is 4.20. The molecule has 186 valence electrons. The van der Waals surface area contributed by atoms with E-state index in [9.17, 15) is 13.2 Å². The Labute approximate surface area is 211 Å². The van der Waals surface area contributed by atoms with E-state index in [0.29, 0.717) is 37.7 Å². The average Bonchev–Trinajstić information content (AvgIpc) is 3.33. The van der Waals surface area contributed by atoms with Crippen molar-refractivity contribution in [1.29, 1.82) is 0 Å². The SMILES string of the molecule is CCN(Cc1ccccc1)C(=O)c1cn(CC)nc1S(=O)(=O)N1CCN(c2ccccc2Cl)CC1. The number of sulfonamides is 1. The molecule has 2 heterocycles. The number of carbonyl (C=O) groups is 1. The van der Waals surface area contributed by atoms with Crippen molar-refractivity contribution in [2.24, 2.45) is 0 Å². The molecule has 1 amide bonds. The van der Waals surface area contributed by atoms with Crippen LogP contribution < -0.4 is 4.90 Å². The quantitative estimate of drug-likeness (QED) is 0.457. The molecule has 10 heteroatoms. The lowest BCUT2D eigenvalue weighted by molar-refractivity contribution is 0.0748. The molecule has 0 unspecified atom stereocenters. The van der Waals surface area contributed by atoms with Crippen LogP contribution >= 0.6 is 11.6 Å². The van der Waals surface area contributed by atoms with Gasteiger partial charge in [0, 0.05) is 52.0 Å². The molecule has 4 rings (SSSR count). The van der Waals surface area contributed by atoms with Crippen LogP contribution in [0, 0.1) is 0 Å². The van der Waals surface area contributed by atoms with Crippen molar-refractivity contribution in [2.75, 3.05) is 37.6 Å². The van der Waals surface area contributed by atoms with Crippen LogP contribution in [0.2, 0.25) is 5.02 Å². The highest BCUT2D eigenvalue weighted by Gasteiger charge is 2.36. The highest BCUT2D eigenvalue weighted by molar-refractivity contribution is 7.89. The largest absolute Gasteiger partial charge is 0.368 e. The number of hydrogen-bond acceptors (Lipinski definition) is 5. The number of piperazine rings is 1. The third kappa shape index (κ3) is 5.37. The molecule has 35 heavy (non-hydrogen) atoms. The zero-order valence-electron chi connectivity index (χ0n) is 20.0. The van der Waals surface area contributed by atoms with Gasteiger partial charge < -0.3 is 9.80 Å². The van der Waals surface area contributed by atoms with Gasteiger partial charge in [-0.2, -0.15) is 9.40 Å². The Balaban J connectivity index is 1.57. The molecule has 0 aliphatic carbocycles. The fraction of sp³-hybridized carbons (Fsp3) is 0.360. The van der Waals surface area contributed by atoms with Crippen molar-refractivity contribution in [3.63, 3.8) is 0 Å². The van der Waals surface area contributed by atoms with E-state index in [1.165, 1.54) is 8.99 Å². The third-order valence-corrected chi connectivity index (χ3v) is 8.34. The summed E-state index contributed by atoms with van der Waals surface area (Å²) in [7, 11) is -3.96. The van der Waals surface area contributed by atoms with Gasteiger partial charge in [0.1, 0.15) is 0 Å². The van der Waals surface area contributed by atoms with Crippen molar-refractivity contribution in [3.05, 3.63) is 76.9 Å². The average molecular weight is 516 g/mol. The molecule has 1 aliphatic heterocycles. The van der Waals surface area contributed by atoms with Crippen molar-refractivity contribution in [2.45, 2.75) is 32.0 Å². The molecule has 1 fully saturated rings. The van der Waals surface area contributed by atoms with E-state index in [4.69, 9.17) is 11.6 Å². The van der Waals surface area contributed by atoms with Crippen molar-refractivity contribution < 1.29 is 13.2 Å². The Morgan fingerprint density at radius 3 is 2.29 bits per heavy atom. The number of aryl methyl sites for hydroxylation is 1. The number of rotatable bonds is 8. The molecule has 0 spiro atoms. The number of anilines is 1. The van der Waals surface area contributed by atoms with Gasteiger partial charge in [-0.25, -0.2) is 8.42 Å². The van der Waals surface area contributed by atoms with Crippen molar-refractivity contribution in [1.82, 2.24) is 19.0 Å². The van der Waals surface area contributed by atoms with Crippen LogP contribution in [0.3, 0.4) is 0 Å². The molecule has 0 bridgehead atoms. The second kappa shape index (κ2) is 10.8. The van der Waals surface area contributed by atoms with Crippen molar-refractivity contribution in [3.8, 4) is 0 Å². The second-order valence-corrected chi connectivity index (χ2v) is 10.6. The number of nitrogens with zero attached hydrogens (tertiary/aromatic N) is 5. The topological polar surface area (TPSA) is 78.8 Å². The Hall–Kier alpha value is -2.88. The molecule has 8 nitrogen and oxygen atoms in total. The Morgan fingerprint density at radius 1 is 1.00 bits per heavy atom. The van der Waals surface area contributed by atoms with E-state index < -0.39 is 10.0 Å². The summed E-state index contributed by atoms with van der Waals surface area (Å²) < 4.78 is 30.2. The zero-order chi connectivity index (χ0) is 25.0. The number of aromatic nitrogens is 2. The van der Waals surface area contributed by atoms with E-state index in [1.54, 1.807) is 11.1 Å². The van der Waals surface area contributed by atoms with E-state index in [1.807, 2.05) is 68.4 Å². The fourth-order valence-corrected chi connectivity index (χ4v) is 5.97. The minimum absolute atomic E-state index is 0.109. The lowest BCUT2D eigenvalue weighted by Crippen LogP contribution is -2.49. The first kappa shape index (κ1) is 25.2. The minimum Gasteiger partial charge on any atom is -0.368 e. The van der Waals surface area contributed by atoms with Gasteiger partial charge in [0.2, 0.25) is 5.03 Å². The Bertz CT molecular complexity index is 1270. The van der Waals surface area contributed by atoms with Gasteiger partial charge in [-0.1, -0.05) is 54.1 Å². The van der Waals surface area contributed by atoms with Crippen LogP contribution in [0.15, 0.2) is 65.8 Å². The van der Waals surface area contributed by atoms with E-state index in [2.05, 4.69) is 10.00 Å². The molecule has 1 aliphatic rings. The lowest BCUT2D eigenvalue weighted by Gasteiger charge is -2.35. The maximum Gasteiger partial charge on any atom is 0.263 e. The summed E-state index contributed by atoms with van der Waals surface area (Å²) >= 11 is 6.33. The maximum absolute atomic E-state index is 13.7. The predicted octanol–water partition coefficient (Wildman–Crippen LogP) is 3.73. The first-order chi connectivity index (χ1) is 16.8. The Kier molecular flexibility index (Phi) is 7.78. The molecular formula is C25H30ClN5O3S. The van der Waals surface area contributed by atoms with Gasteiger partial charge in [0.05, 0.1) is 16.3 Å². The molecule has 0 N–H and O–H groups in total.